The van der Waals surface area contributed by atoms with Crippen LogP contribution in [0.1, 0.15) is 30.1 Å². The third-order valence-corrected chi connectivity index (χ3v) is 7.83. The molecule has 1 atom stereocenters. The molecule has 158 valence electrons. The van der Waals surface area contributed by atoms with Crippen LogP contribution in [-0.2, 0) is 19.6 Å². The first kappa shape index (κ1) is 20.1. The van der Waals surface area contributed by atoms with E-state index in [4.69, 9.17) is 9.47 Å². The molecule has 10 heteroatoms. The number of carbonyl (C=O) groups is 2. The highest BCUT2D eigenvalue weighted by Gasteiger charge is 2.40. The Hall–Kier alpha value is -2.17. The first-order valence-corrected chi connectivity index (χ1v) is 11.4. The summed E-state index contributed by atoms with van der Waals surface area (Å²) in [5, 5.41) is 2.53. The van der Waals surface area contributed by atoms with E-state index in [-0.39, 0.29) is 23.3 Å². The predicted octanol–water partition coefficient (Wildman–Crippen LogP) is 0.673. The number of nitrogens with zero attached hydrogens (tertiary/aromatic N) is 2. The molecule has 29 heavy (non-hydrogen) atoms. The Bertz CT molecular complexity index is 907. The minimum Gasteiger partial charge on any atom is -0.478 e. The second-order valence-electron chi connectivity index (χ2n) is 7.55. The van der Waals surface area contributed by atoms with Crippen LogP contribution in [-0.4, -0.2) is 80.2 Å². The summed E-state index contributed by atoms with van der Waals surface area (Å²) in [5.74, 6) is -0.450. The van der Waals surface area contributed by atoms with Gasteiger partial charge in [-0.15, -0.1) is 0 Å². The van der Waals surface area contributed by atoms with Crippen molar-refractivity contribution in [1.29, 1.82) is 0 Å². The lowest BCUT2D eigenvalue weighted by Gasteiger charge is -2.33. The molecule has 0 radical (unpaired) electrons. The van der Waals surface area contributed by atoms with Gasteiger partial charge in [0.05, 0.1) is 10.9 Å². The average Bonchev–Trinajstić information content (AvgIpc) is 3.55. The third kappa shape index (κ3) is 4.24. The molecule has 2 fully saturated rings. The van der Waals surface area contributed by atoms with Crippen LogP contribution in [0.15, 0.2) is 18.2 Å². The smallest absolute Gasteiger partial charge is 0.342 e. The monoisotopic (exact) mass is 423 g/mol. The standard InChI is InChI=1S/C19H25N3O6S/c1-13-18(23)20-16-4-2-3-15(17(16)28-13)19(24)27-12-11-21-7-9-22(10-8-21)29(25,26)14-5-6-14/h2-4,13-14H,5-12H2,1H3,(H,20,23)/t13-/m1/s1. The molecule has 3 aliphatic rings. The summed E-state index contributed by atoms with van der Waals surface area (Å²) >= 11 is 0. The average molecular weight is 423 g/mol. The molecule has 0 unspecified atom stereocenters. The molecule has 1 N–H and O–H groups in total. The maximum atomic E-state index is 12.5. The molecule has 1 saturated heterocycles. The molecule has 1 aromatic carbocycles. The van der Waals surface area contributed by atoms with Gasteiger partial charge in [0.1, 0.15) is 12.2 Å². The zero-order chi connectivity index (χ0) is 20.6. The minimum atomic E-state index is -3.12. The van der Waals surface area contributed by atoms with E-state index >= 15 is 0 Å². The van der Waals surface area contributed by atoms with E-state index in [1.807, 2.05) is 0 Å². The summed E-state index contributed by atoms with van der Waals surface area (Å²) in [6.45, 7) is 4.54. The molecule has 2 aliphatic heterocycles. The number of rotatable bonds is 6. The van der Waals surface area contributed by atoms with Crippen LogP contribution in [0.25, 0.3) is 0 Å². The van der Waals surface area contributed by atoms with Gasteiger partial charge in [-0.25, -0.2) is 13.2 Å². The van der Waals surface area contributed by atoms with Gasteiger partial charge < -0.3 is 14.8 Å². The maximum absolute atomic E-state index is 12.5. The summed E-state index contributed by atoms with van der Waals surface area (Å²) in [7, 11) is -3.12. The highest BCUT2D eigenvalue weighted by Crippen LogP contribution is 2.34. The van der Waals surface area contributed by atoms with E-state index < -0.39 is 22.1 Å². The summed E-state index contributed by atoms with van der Waals surface area (Å²) in [4.78, 5) is 26.3. The minimum absolute atomic E-state index is 0.179. The van der Waals surface area contributed by atoms with E-state index in [9.17, 15) is 18.0 Å². The molecule has 4 rings (SSSR count). The first-order chi connectivity index (χ1) is 13.9. The summed E-state index contributed by atoms with van der Waals surface area (Å²) in [6, 6.07) is 4.94. The highest BCUT2D eigenvalue weighted by atomic mass is 32.2. The highest BCUT2D eigenvalue weighted by molar-refractivity contribution is 7.90. The number of hydrogen-bond acceptors (Lipinski definition) is 7. The number of esters is 1. The van der Waals surface area contributed by atoms with Crippen molar-refractivity contribution in [2.24, 2.45) is 0 Å². The number of piperazine rings is 1. The second kappa shape index (κ2) is 7.92. The van der Waals surface area contributed by atoms with E-state index in [1.54, 1.807) is 29.4 Å². The normalized spacial score (nSPS) is 23.1. The van der Waals surface area contributed by atoms with Crippen molar-refractivity contribution in [2.75, 3.05) is 44.6 Å². The van der Waals surface area contributed by atoms with Crippen LogP contribution in [0.5, 0.6) is 5.75 Å². The number of para-hydroxylation sites is 1. The van der Waals surface area contributed by atoms with Crippen LogP contribution in [0.2, 0.25) is 0 Å². The fraction of sp³-hybridized carbons (Fsp3) is 0.579. The molecule has 2 heterocycles. The van der Waals surface area contributed by atoms with E-state index in [0.29, 0.717) is 44.2 Å². The summed E-state index contributed by atoms with van der Waals surface area (Å²) in [6.07, 6.45) is 0.863. The Morgan fingerprint density at radius 3 is 2.66 bits per heavy atom. The molecular formula is C19H25N3O6S. The number of carbonyl (C=O) groups excluding carboxylic acids is 2. The van der Waals surface area contributed by atoms with Crippen molar-refractivity contribution in [3.8, 4) is 5.75 Å². The van der Waals surface area contributed by atoms with Gasteiger partial charge in [0, 0.05) is 32.7 Å². The van der Waals surface area contributed by atoms with Crippen molar-refractivity contribution >= 4 is 27.6 Å². The topological polar surface area (TPSA) is 105 Å². The van der Waals surface area contributed by atoms with Crippen molar-refractivity contribution in [2.45, 2.75) is 31.1 Å². The number of amides is 1. The Balaban J connectivity index is 1.27. The second-order valence-corrected chi connectivity index (χ2v) is 9.77. The van der Waals surface area contributed by atoms with Crippen LogP contribution in [0.4, 0.5) is 5.69 Å². The quantitative estimate of drug-likeness (QED) is 0.671. The molecule has 9 nitrogen and oxygen atoms in total. The summed E-state index contributed by atoms with van der Waals surface area (Å²) < 4.78 is 37.1. The lowest BCUT2D eigenvalue weighted by Crippen LogP contribution is -2.50. The lowest BCUT2D eigenvalue weighted by atomic mass is 10.1. The molecule has 1 saturated carbocycles. The molecule has 1 aliphatic carbocycles. The number of anilines is 1. The number of fused-ring (bicyclic) bond motifs is 1. The summed E-state index contributed by atoms with van der Waals surface area (Å²) in [5.41, 5.74) is 0.727. The number of sulfonamides is 1. The van der Waals surface area contributed by atoms with E-state index in [0.717, 1.165) is 12.8 Å². The lowest BCUT2D eigenvalue weighted by molar-refractivity contribution is -0.122. The van der Waals surface area contributed by atoms with Gasteiger partial charge in [-0.05, 0) is 31.9 Å². The van der Waals surface area contributed by atoms with Crippen LogP contribution < -0.4 is 10.1 Å². The Morgan fingerprint density at radius 1 is 1.24 bits per heavy atom. The molecular weight excluding hydrogens is 398 g/mol. The number of ether oxygens (including phenoxy) is 2. The van der Waals surface area contributed by atoms with Crippen LogP contribution >= 0.6 is 0 Å². The van der Waals surface area contributed by atoms with Crippen LogP contribution in [0, 0.1) is 0 Å². The SMILES string of the molecule is C[C@H]1Oc2c(cccc2C(=O)OCCN2CCN(S(=O)(=O)C3CC3)CC2)NC1=O. The molecule has 1 amide bonds. The predicted molar refractivity (Wildman–Crippen MR) is 105 cm³/mol. The van der Waals surface area contributed by atoms with Gasteiger partial charge in [-0.2, -0.15) is 4.31 Å². The maximum Gasteiger partial charge on any atom is 0.342 e. The van der Waals surface area contributed by atoms with Crippen molar-refractivity contribution in [3.63, 3.8) is 0 Å². The molecule has 0 bridgehead atoms. The van der Waals surface area contributed by atoms with E-state index in [1.165, 1.54) is 0 Å². The zero-order valence-corrected chi connectivity index (χ0v) is 17.1. The van der Waals surface area contributed by atoms with Crippen LogP contribution in [0.3, 0.4) is 0 Å². The van der Waals surface area contributed by atoms with Crippen molar-refractivity contribution < 1.29 is 27.5 Å². The number of nitrogens with one attached hydrogen (secondary N) is 1. The molecule has 0 spiro atoms. The fourth-order valence-corrected chi connectivity index (χ4v) is 5.34. The Morgan fingerprint density at radius 2 is 1.97 bits per heavy atom. The third-order valence-electron chi connectivity index (χ3n) is 5.43. The largest absolute Gasteiger partial charge is 0.478 e. The van der Waals surface area contributed by atoms with E-state index in [2.05, 4.69) is 10.2 Å². The Kier molecular flexibility index (Phi) is 5.50. The Labute approximate surface area is 170 Å². The zero-order valence-electron chi connectivity index (χ0n) is 16.3. The van der Waals surface area contributed by atoms with Gasteiger partial charge in [-0.1, -0.05) is 6.07 Å². The van der Waals surface area contributed by atoms with Crippen molar-refractivity contribution in [1.82, 2.24) is 9.21 Å². The van der Waals surface area contributed by atoms with Gasteiger partial charge in [0.15, 0.2) is 11.9 Å². The van der Waals surface area contributed by atoms with Gasteiger partial charge >= 0.3 is 5.97 Å². The number of benzene rings is 1. The van der Waals surface area contributed by atoms with Gasteiger partial charge in [0.25, 0.3) is 5.91 Å². The van der Waals surface area contributed by atoms with Gasteiger partial charge in [0.2, 0.25) is 10.0 Å². The number of hydrogen-bond donors (Lipinski definition) is 1. The first-order valence-electron chi connectivity index (χ1n) is 9.85. The van der Waals surface area contributed by atoms with Gasteiger partial charge in [-0.3, -0.25) is 9.69 Å². The molecule has 0 aromatic heterocycles. The van der Waals surface area contributed by atoms with Crippen molar-refractivity contribution in [3.05, 3.63) is 23.8 Å². The molecule has 1 aromatic rings. The fourth-order valence-electron chi connectivity index (χ4n) is 3.52.